The molecule has 1 aromatic heterocycles. The summed E-state index contributed by atoms with van der Waals surface area (Å²) in [4.78, 5) is 24.4. The Morgan fingerprint density at radius 2 is 2.10 bits per heavy atom. The predicted molar refractivity (Wildman–Crippen MR) is 58.3 cm³/mol. The number of ether oxygens (including phenoxy) is 2. The fourth-order valence-corrected chi connectivity index (χ4v) is 1.38. The number of alkyl halides is 3. The van der Waals surface area contributed by atoms with E-state index in [-0.39, 0.29) is 17.7 Å². The zero-order chi connectivity index (χ0) is 15.5. The standard InChI is InChI=1S/C10H9F3N2O5/c1-3-19-9(16)6-4-14-8(20-10(11,12)13)7(5(6)2)15(17)18/h4H,3H2,1-2H3. The fourth-order valence-electron chi connectivity index (χ4n) is 1.38. The van der Waals surface area contributed by atoms with Crippen molar-refractivity contribution in [3.05, 3.63) is 27.4 Å². The molecule has 1 aromatic rings. The van der Waals surface area contributed by atoms with Gasteiger partial charge in [0.1, 0.15) is 0 Å². The van der Waals surface area contributed by atoms with Crippen LogP contribution in [0.15, 0.2) is 6.20 Å². The number of halogens is 3. The fraction of sp³-hybridized carbons (Fsp3) is 0.400. The van der Waals surface area contributed by atoms with Crippen molar-refractivity contribution in [2.24, 2.45) is 0 Å². The molecule has 20 heavy (non-hydrogen) atoms. The largest absolute Gasteiger partial charge is 0.574 e. The second kappa shape index (κ2) is 5.72. The van der Waals surface area contributed by atoms with Crippen LogP contribution >= 0.6 is 0 Å². The minimum atomic E-state index is -5.13. The Balaban J connectivity index is 3.34. The van der Waals surface area contributed by atoms with Crippen LogP contribution in [-0.2, 0) is 4.74 Å². The van der Waals surface area contributed by atoms with Gasteiger partial charge in [-0.1, -0.05) is 0 Å². The molecule has 0 N–H and O–H groups in total. The number of hydrogen-bond acceptors (Lipinski definition) is 6. The summed E-state index contributed by atoms with van der Waals surface area (Å²) < 4.78 is 44.4. The second-order valence-corrected chi connectivity index (χ2v) is 3.48. The molecule has 0 aliphatic carbocycles. The van der Waals surface area contributed by atoms with Crippen molar-refractivity contribution >= 4 is 11.7 Å². The number of pyridine rings is 1. The molecule has 0 spiro atoms. The molecular weight excluding hydrogens is 285 g/mol. The highest BCUT2D eigenvalue weighted by Gasteiger charge is 2.37. The third-order valence-electron chi connectivity index (χ3n) is 2.16. The molecule has 0 saturated heterocycles. The molecule has 7 nitrogen and oxygen atoms in total. The molecule has 0 bridgehead atoms. The molecule has 0 amide bonds. The highest BCUT2D eigenvalue weighted by molar-refractivity contribution is 5.92. The summed E-state index contributed by atoms with van der Waals surface area (Å²) >= 11 is 0. The molecule has 0 radical (unpaired) electrons. The number of rotatable bonds is 4. The van der Waals surface area contributed by atoms with Gasteiger partial charge in [-0.3, -0.25) is 10.1 Å². The van der Waals surface area contributed by atoms with Crippen molar-refractivity contribution in [2.75, 3.05) is 6.61 Å². The molecule has 0 fully saturated rings. The second-order valence-electron chi connectivity index (χ2n) is 3.48. The highest BCUT2D eigenvalue weighted by atomic mass is 19.4. The van der Waals surface area contributed by atoms with Crippen LogP contribution < -0.4 is 4.74 Å². The lowest BCUT2D eigenvalue weighted by Crippen LogP contribution is -2.20. The first-order valence-electron chi connectivity index (χ1n) is 5.24. The van der Waals surface area contributed by atoms with E-state index in [4.69, 9.17) is 0 Å². The van der Waals surface area contributed by atoms with Gasteiger partial charge < -0.3 is 9.47 Å². The minimum absolute atomic E-state index is 0.00682. The van der Waals surface area contributed by atoms with Gasteiger partial charge in [0.15, 0.2) is 0 Å². The number of carbonyl (C=O) groups is 1. The van der Waals surface area contributed by atoms with Crippen molar-refractivity contribution in [2.45, 2.75) is 20.2 Å². The van der Waals surface area contributed by atoms with Crippen molar-refractivity contribution < 1.29 is 32.4 Å². The number of carbonyl (C=O) groups excluding carboxylic acids is 1. The van der Waals surface area contributed by atoms with Crippen LogP contribution in [0.5, 0.6) is 5.88 Å². The first-order chi connectivity index (χ1) is 9.17. The number of esters is 1. The summed E-state index contributed by atoms with van der Waals surface area (Å²) in [6.07, 6.45) is -4.39. The minimum Gasteiger partial charge on any atom is -0.462 e. The zero-order valence-electron chi connectivity index (χ0n) is 10.4. The number of hydrogen-bond donors (Lipinski definition) is 0. The third kappa shape index (κ3) is 3.56. The maximum absolute atomic E-state index is 12.1. The molecule has 0 atom stereocenters. The molecule has 10 heteroatoms. The van der Waals surface area contributed by atoms with Crippen LogP contribution in [0.2, 0.25) is 0 Å². The molecule has 1 rings (SSSR count). The van der Waals surface area contributed by atoms with Gasteiger partial charge in [-0.25, -0.2) is 9.78 Å². The van der Waals surface area contributed by atoms with Crippen LogP contribution in [0.25, 0.3) is 0 Å². The molecule has 0 unspecified atom stereocenters. The predicted octanol–water partition coefficient (Wildman–Crippen LogP) is 2.37. The average molecular weight is 294 g/mol. The van der Waals surface area contributed by atoms with Crippen molar-refractivity contribution in [3.8, 4) is 5.88 Å². The van der Waals surface area contributed by atoms with E-state index in [9.17, 15) is 28.1 Å². The Kier molecular flexibility index (Phi) is 4.48. The summed E-state index contributed by atoms with van der Waals surface area (Å²) in [6, 6.07) is 0. The average Bonchev–Trinajstić information content (AvgIpc) is 2.26. The van der Waals surface area contributed by atoms with E-state index < -0.39 is 28.8 Å². The smallest absolute Gasteiger partial charge is 0.462 e. The lowest BCUT2D eigenvalue weighted by Gasteiger charge is -2.11. The SMILES string of the molecule is CCOC(=O)c1cnc(OC(F)(F)F)c([N+](=O)[O-])c1C. The van der Waals surface area contributed by atoms with Crippen molar-refractivity contribution in [1.82, 2.24) is 4.98 Å². The molecular formula is C10H9F3N2O5. The summed E-state index contributed by atoms with van der Waals surface area (Å²) in [5.74, 6) is -2.15. The highest BCUT2D eigenvalue weighted by Crippen LogP contribution is 2.34. The number of nitrogens with zero attached hydrogens (tertiary/aromatic N) is 2. The topological polar surface area (TPSA) is 91.6 Å². The Bertz CT molecular complexity index is 544. The van der Waals surface area contributed by atoms with E-state index >= 15 is 0 Å². The lowest BCUT2D eigenvalue weighted by molar-refractivity contribution is -0.389. The normalized spacial score (nSPS) is 11.1. The van der Waals surface area contributed by atoms with Gasteiger partial charge in [0.05, 0.1) is 17.1 Å². The third-order valence-corrected chi connectivity index (χ3v) is 2.16. The Morgan fingerprint density at radius 3 is 2.55 bits per heavy atom. The molecule has 0 aromatic carbocycles. The van der Waals surface area contributed by atoms with Gasteiger partial charge in [0, 0.05) is 11.8 Å². The van der Waals surface area contributed by atoms with Crippen LogP contribution in [0, 0.1) is 17.0 Å². The lowest BCUT2D eigenvalue weighted by atomic mass is 10.1. The quantitative estimate of drug-likeness (QED) is 0.481. The van der Waals surface area contributed by atoms with Crippen LogP contribution in [0.1, 0.15) is 22.8 Å². The van der Waals surface area contributed by atoms with Gasteiger partial charge in [-0.2, -0.15) is 0 Å². The first-order valence-corrected chi connectivity index (χ1v) is 5.24. The van der Waals surface area contributed by atoms with Gasteiger partial charge in [0.25, 0.3) is 0 Å². The zero-order valence-corrected chi connectivity index (χ0v) is 10.4. The van der Waals surface area contributed by atoms with Crippen molar-refractivity contribution in [1.29, 1.82) is 0 Å². The van der Waals surface area contributed by atoms with E-state index in [1.165, 1.54) is 6.92 Å². The molecule has 0 aliphatic rings. The molecule has 1 heterocycles. The summed E-state index contributed by atoms with van der Waals surface area (Å²) in [5, 5.41) is 10.8. The Morgan fingerprint density at radius 1 is 1.50 bits per heavy atom. The Labute approximate surface area is 110 Å². The van der Waals surface area contributed by atoms with Crippen molar-refractivity contribution in [3.63, 3.8) is 0 Å². The summed E-state index contributed by atoms with van der Waals surface area (Å²) in [5.41, 5.74) is -1.65. The first kappa shape index (κ1) is 15.7. The molecule has 110 valence electrons. The van der Waals surface area contributed by atoms with E-state index in [0.29, 0.717) is 0 Å². The summed E-state index contributed by atoms with van der Waals surface area (Å²) in [6.45, 7) is 2.62. The van der Waals surface area contributed by atoms with Gasteiger partial charge in [-0.15, -0.1) is 13.2 Å². The monoisotopic (exact) mass is 294 g/mol. The maximum Gasteiger partial charge on any atom is 0.574 e. The van der Waals surface area contributed by atoms with Gasteiger partial charge in [-0.05, 0) is 13.8 Å². The molecule has 0 aliphatic heterocycles. The van der Waals surface area contributed by atoms with Crippen LogP contribution in [0.3, 0.4) is 0 Å². The van der Waals surface area contributed by atoms with Crippen LogP contribution in [-0.4, -0.2) is 28.8 Å². The summed E-state index contributed by atoms with van der Waals surface area (Å²) in [7, 11) is 0. The maximum atomic E-state index is 12.1. The van der Waals surface area contributed by atoms with Gasteiger partial charge in [0.2, 0.25) is 0 Å². The Hall–Kier alpha value is -2.39. The number of nitro groups is 1. The van der Waals surface area contributed by atoms with E-state index in [1.807, 2.05) is 0 Å². The number of aromatic nitrogens is 1. The van der Waals surface area contributed by atoms with E-state index in [2.05, 4.69) is 14.5 Å². The van der Waals surface area contributed by atoms with E-state index in [0.717, 1.165) is 13.1 Å². The van der Waals surface area contributed by atoms with Crippen LogP contribution in [0.4, 0.5) is 18.9 Å². The van der Waals surface area contributed by atoms with E-state index in [1.54, 1.807) is 0 Å². The van der Waals surface area contributed by atoms with Gasteiger partial charge >= 0.3 is 23.9 Å². The molecule has 0 saturated carbocycles.